The lowest BCUT2D eigenvalue weighted by molar-refractivity contribution is -0.139. The summed E-state index contributed by atoms with van der Waals surface area (Å²) in [6.07, 6.45) is 1.70. The van der Waals surface area contributed by atoms with E-state index in [1.807, 2.05) is 42.5 Å². The van der Waals surface area contributed by atoms with Crippen molar-refractivity contribution in [2.24, 2.45) is 4.99 Å². The number of carbonyl (C=O) groups excluding carboxylic acids is 1. The van der Waals surface area contributed by atoms with Crippen molar-refractivity contribution in [1.82, 2.24) is 4.57 Å². The molecule has 3 heterocycles. The molecule has 0 fully saturated rings. The lowest BCUT2D eigenvalue weighted by Crippen LogP contribution is -2.39. The maximum Gasteiger partial charge on any atom is 0.338 e. The fraction of sp³-hybridized carbons (Fsp3) is 0.179. The number of hydrogen-bond acceptors (Lipinski definition) is 7. The summed E-state index contributed by atoms with van der Waals surface area (Å²) in [5.41, 5.74) is 2.12. The summed E-state index contributed by atoms with van der Waals surface area (Å²) in [6.45, 7) is 3.70. The van der Waals surface area contributed by atoms with Crippen LogP contribution in [0.3, 0.4) is 0 Å². The largest absolute Gasteiger partial charge is 0.496 e. The highest BCUT2D eigenvalue weighted by Gasteiger charge is 2.33. The molecule has 4 aromatic rings. The van der Waals surface area contributed by atoms with Crippen LogP contribution < -0.4 is 19.6 Å². The Bertz CT molecular complexity index is 1820. The lowest BCUT2D eigenvalue weighted by atomic mass is 9.96. The molecule has 39 heavy (non-hydrogen) atoms. The van der Waals surface area contributed by atoms with Gasteiger partial charge in [0.2, 0.25) is 0 Å². The SMILES string of the molecule is CCOC(=O)C1=C(C)N=c2s/c(=C\c3ccc(-c4cc(Br)ccc4Br)o3)c(=O)n2[C@H]1c1ccc(OC)c(Br)c1. The first-order valence-corrected chi connectivity index (χ1v) is 15.0. The molecule has 5 rings (SSSR count). The van der Waals surface area contributed by atoms with Crippen LogP contribution >= 0.6 is 59.1 Å². The van der Waals surface area contributed by atoms with Crippen LogP contribution in [0.15, 0.2) is 87.4 Å². The van der Waals surface area contributed by atoms with E-state index in [2.05, 4.69) is 52.8 Å². The first-order chi connectivity index (χ1) is 18.7. The quantitative estimate of drug-likeness (QED) is 0.216. The average Bonchev–Trinajstić information content (AvgIpc) is 3.49. The van der Waals surface area contributed by atoms with Gasteiger partial charge in [0.25, 0.3) is 5.56 Å². The Morgan fingerprint density at radius 3 is 2.64 bits per heavy atom. The van der Waals surface area contributed by atoms with Crippen LogP contribution in [-0.2, 0) is 9.53 Å². The molecule has 0 N–H and O–H groups in total. The van der Waals surface area contributed by atoms with Gasteiger partial charge in [-0.05, 0) is 77.8 Å². The molecule has 200 valence electrons. The van der Waals surface area contributed by atoms with E-state index in [4.69, 9.17) is 13.9 Å². The monoisotopic (exact) mass is 734 g/mol. The van der Waals surface area contributed by atoms with Crippen molar-refractivity contribution in [3.8, 4) is 17.1 Å². The number of furan rings is 1. The zero-order valence-corrected chi connectivity index (χ0v) is 26.5. The molecule has 1 aliphatic rings. The summed E-state index contributed by atoms with van der Waals surface area (Å²) < 4.78 is 21.3. The number of halogens is 3. The Kier molecular flexibility index (Phi) is 8.14. The second-order valence-electron chi connectivity index (χ2n) is 8.52. The number of thiazole rings is 1. The van der Waals surface area contributed by atoms with Crippen molar-refractivity contribution < 1.29 is 18.7 Å². The number of rotatable bonds is 6. The van der Waals surface area contributed by atoms with E-state index in [0.717, 1.165) is 14.5 Å². The van der Waals surface area contributed by atoms with E-state index in [0.29, 0.717) is 47.9 Å². The minimum absolute atomic E-state index is 0.202. The Labute approximate surface area is 252 Å². The van der Waals surface area contributed by atoms with Crippen molar-refractivity contribution in [2.75, 3.05) is 13.7 Å². The second-order valence-corrected chi connectivity index (χ2v) is 12.2. The van der Waals surface area contributed by atoms with Gasteiger partial charge >= 0.3 is 5.97 Å². The Morgan fingerprint density at radius 1 is 1.13 bits per heavy atom. The van der Waals surface area contributed by atoms with Gasteiger partial charge in [-0.3, -0.25) is 9.36 Å². The molecule has 1 aliphatic heterocycles. The molecule has 2 aromatic heterocycles. The molecular formula is C28H21Br3N2O5S. The number of ether oxygens (including phenoxy) is 2. The third kappa shape index (κ3) is 5.37. The standard InChI is InChI=1S/C28H21Br3N2O5S/c1-4-37-27(35)24-14(2)32-28-33(25(24)15-5-9-22(36-3)20(31)11-15)26(34)23(39-28)13-17-7-10-21(38-17)18-12-16(29)6-8-19(18)30/h5-13,25H,4H2,1-3H3/b23-13-/t25-/m0/s1. The molecule has 1 atom stereocenters. The summed E-state index contributed by atoms with van der Waals surface area (Å²) in [5.74, 6) is 1.30. The van der Waals surface area contributed by atoms with E-state index in [-0.39, 0.29) is 12.2 Å². The highest BCUT2D eigenvalue weighted by atomic mass is 79.9. The average molecular weight is 737 g/mol. The van der Waals surface area contributed by atoms with Crippen molar-refractivity contribution >= 4 is 71.2 Å². The fourth-order valence-electron chi connectivity index (χ4n) is 4.35. The van der Waals surface area contributed by atoms with Gasteiger partial charge in [-0.15, -0.1) is 0 Å². The van der Waals surface area contributed by atoms with Gasteiger partial charge in [0, 0.05) is 20.6 Å². The molecule has 0 unspecified atom stereocenters. The Morgan fingerprint density at radius 2 is 1.92 bits per heavy atom. The maximum absolute atomic E-state index is 13.8. The summed E-state index contributed by atoms with van der Waals surface area (Å²) in [7, 11) is 1.58. The minimum atomic E-state index is -0.727. The molecule has 0 aliphatic carbocycles. The van der Waals surface area contributed by atoms with Gasteiger partial charge in [0.1, 0.15) is 17.3 Å². The number of hydrogen-bond donors (Lipinski definition) is 0. The van der Waals surface area contributed by atoms with Gasteiger partial charge in [-0.2, -0.15) is 0 Å². The molecule has 0 spiro atoms. The van der Waals surface area contributed by atoms with E-state index in [1.165, 1.54) is 11.3 Å². The van der Waals surface area contributed by atoms with Gasteiger partial charge < -0.3 is 13.9 Å². The van der Waals surface area contributed by atoms with Gasteiger partial charge in [0.05, 0.1) is 40.0 Å². The van der Waals surface area contributed by atoms with Crippen molar-refractivity contribution in [3.63, 3.8) is 0 Å². The summed E-state index contributed by atoms with van der Waals surface area (Å²) >= 11 is 11.8. The number of aromatic nitrogens is 1. The molecular weight excluding hydrogens is 716 g/mol. The minimum Gasteiger partial charge on any atom is -0.496 e. The normalized spacial score (nSPS) is 15.2. The highest BCUT2D eigenvalue weighted by molar-refractivity contribution is 9.11. The van der Waals surface area contributed by atoms with Crippen LogP contribution in [0.1, 0.15) is 31.2 Å². The topological polar surface area (TPSA) is 83.0 Å². The van der Waals surface area contributed by atoms with Crippen LogP contribution in [0.2, 0.25) is 0 Å². The maximum atomic E-state index is 13.8. The number of nitrogens with zero attached hydrogens (tertiary/aromatic N) is 2. The van der Waals surface area contributed by atoms with Gasteiger partial charge in [-0.1, -0.05) is 49.3 Å². The number of fused-ring (bicyclic) bond motifs is 1. The van der Waals surface area contributed by atoms with Crippen LogP contribution in [-0.4, -0.2) is 24.3 Å². The van der Waals surface area contributed by atoms with E-state index in [1.54, 1.807) is 37.7 Å². The first-order valence-electron chi connectivity index (χ1n) is 11.8. The van der Waals surface area contributed by atoms with E-state index in [9.17, 15) is 9.59 Å². The Hall–Kier alpha value is -2.73. The van der Waals surface area contributed by atoms with Crippen LogP contribution in [0.4, 0.5) is 0 Å². The predicted molar refractivity (Wildman–Crippen MR) is 161 cm³/mol. The van der Waals surface area contributed by atoms with E-state index >= 15 is 0 Å². The van der Waals surface area contributed by atoms with E-state index < -0.39 is 12.0 Å². The molecule has 11 heteroatoms. The summed E-state index contributed by atoms with van der Waals surface area (Å²) in [6, 6.07) is 14.2. The second kappa shape index (κ2) is 11.4. The van der Waals surface area contributed by atoms with Crippen LogP contribution in [0, 0.1) is 0 Å². The molecule has 0 saturated heterocycles. The lowest BCUT2D eigenvalue weighted by Gasteiger charge is -2.25. The number of carbonyl (C=O) groups is 1. The van der Waals surface area contributed by atoms with Gasteiger partial charge in [0.15, 0.2) is 4.80 Å². The zero-order chi connectivity index (χ0) is 27.8. The first kappa shape index (κ1) is 27.8. The Balaban J connectivity index is 1.65. The van der Waals surface area contributed by atoms with Crippen LogP contribution in [0.5, 0.6) is 5.75 Å². The molecule has 7 nitrogen and oxygen atoms in total. The number of allylic oxidation sites excluding steroid dienone is 1. The zero-order valence-electron chi connectivity index (χ0n) is 21.0. The summed E-state index contributed by atoms with van der Waals surface area (Å²) in [5, 5.41) is 0. The fourth-order valence-corrected chi connectivity index (χ4v) is 6.74. The summed E-state index contributed by atoms with van der Waals surface area (Å²) in [4.78, 5) is 32.0. The van der Waals surface area contributed by atoms with Gasteiger partial charge in [-0.25, -0.2) is 9.79 Å². The molecule has 0 bridgehead atoms. The third-order valence-electron chi connectivity index (χ3n) is 6.10. The number of benzene rings is 2. The molecule has 2 aromatic carbocycles. The van der Waals surface area contributed by atoms with Crippen molar-refractivity contribution in [2.45, 2.75) is 19.9 Å². The molecule has 0 saturated carbocycles. The number of methoxy groups -OCH3 is 1. The third-order valence-corrected chi connectivity index (χ3v) is 8.89. The number of esters is 1. The predicted octanol–water partition coefficient (Wildman–Crippen LogP) is 6.35. The van der Waals surface area contributed by atoms with Crippen molar-refractivity contribution in [3.05, 3.63) is 104 Å². The highest BCUT2D eigenvalue weighted by Crippen LogP contribution is 2.35. The molecule has 0 amide bonds. The van der Waals surface area contributed by atoms with Crippen molar-refractivity contribution in [1.29, 1.82) is 0 Å². The smallest absolute Gasteiger partial charge is 0.338 e. The molecule has 0 radical (unpaired) electrons. The van der Waals surface area contributed by atoms with Crippen LogP contribution in [0.25, 0.3) is 17.4 Å².